The van der Waals surface area contributed by atoms with Crippen LogP contribution < -0.4 is 5.73 Å². The monoisotopic (exact) mass is 243 g/mol. The maximum Gasteiger partial charge on any atom is 0.0675 e. The van der Waals surface area contributed by atoms with Crippen molar-refractivity contribution >= 4 is 5.69 Å². The first-order valence-electron chi connectivity index (χ1n) is 6.45. The summed E-state index contributed by atoms with van der Waals surface area (Å²) in [6.07, 6.45) is 1.09. The topological polar surface area (TPSA) is 43.8 Å². The van der Waals surface area contributed by atoms with Gasteiger partial charge < -0.3 is 5.73 Å². The van der Waals surface area contributed by atoms with Gasteiger partial charge in [0.25, 0.3) is 0 Å². The van der Waals surface area contributed by atoms with Gasteiger partial charge in [0, 0.05) is 23.5 Å². The molecule has 96 valence electrons. The van der Waals surface area contributed by atoms with Gasteiger partial charge in [-0.25, -0.2) is 0 Å². The minimum absolute atomic E-state index is 0.803. The van der Waals surface area contributed by atoms with Gasteiger partial charge in [-0.15, -0.1) is 0 Å². The lowest BCUT2D eigenvalue weighted by molar-refractivity contribution is 0.583. The highest BCUT2D eigenvalue weighted by molar-refractivity contribution is 5.74. The third-order valence-electron chi connectivity index (χ3n) is 3.35. The van der Waals surface area contributed by atoms with Gasteiger partial charge in [-0.05, 0) is 50.5 Å². The standard InChI is InChI=1S/C15H21N3/c1-5-8-18-12(4)15(11(3)17-18)14-9-13(16)7-6-10(14)2/h6-7,9H,5,8,16H2,1-4H3. The van der Waals surface area contributed by atoms with Crippen LogP contribution in [0.3, 0.4) is 0 Å². The van der Waals surface area contributed by atoms with E-state index in [2.05, 4.69) is 43.5 Å². The molecule has 0 aliphatic heterocycles. The molecular formula is C15H21N3. The van der Waals surface area contributed by atoms with E-state index in [1.807, 2.05) is 12.1 Å². The lowest BCUT2D eigenvalue weighted by Gasteiger charge is -2.08. The molecule has 0 aliphatic rings. The van der Waals surface area contributed by atoms with Crippen molar-refractivity contribution in [2.45, 2.75) is 40.7 Å². The van der Waals surface area contributed by atoms with E-state index in [0.29, 0.717) is 0 Å². The number of aromatic nitrogens is 2. The van der Waals surface area contributed by atoms with E-state index in [9.17, 15) is 0 Å². The number of benzene rings is 1. The number of nitrogen functional groups attached to an aromatic ring is 1. The fraction of sp³-hybridized carbons (Fsp3) is 0.400. The van der Waals surface area contributed by atoms with Crippen LogP contribution in [0.15, 0.2) is 18.2 Å². The van der Waals surface area contributed by atoms with Gasteiger partial charge in [-0.3, -0.25) is 4.68 Å². The molecule has 3 nitrogen and oxygen atoms in total. The number of nitrogens with zero attached hydrogens (tertiary/aromatic N) is 2. The van der Waals surface area contributed by atoms with Gasteiger partial charge in [-0.2, -0.15) is 5.10 Å². The Morgan fingerprint density at radius 3 is 2.61 bits per heavy atom. The number of nitrogens with two attached hydrogens (primary N) is 1. The summed E-state index contributed by atoms with van der Waals surface area (Å²) >= 11 is 0. The summed E-state index contributed by atoms with van der Waals surface area (Å²) in [6.45, 7) is 9.45. The van der Waals surface area contributed by atoms with E-state index in [4.69, 9.17) is 5.73 Å². The average Bonchev–Trinajstić information content (AvgIpc) is 2.59. The highest BCUT2D eigenvalue weighted by atomic mass is 15.3. The van der Waals surface area contributed by atoms with E-state index >= 15 is 0 Å². The Morgan fingerprint density at radius 2 is 1.94 bits per heavy atom. The first kappa shape index (κ1) is 12.7. The van der Waals surface area contributed by atoms with Crippen molar-refractivity contribution in [3.63, 3.8) is 0 Å². The molecule has 3 heteroatoms. The second-order valence-electron chi connectivity index (χ2n) is 4.84. The first-order chi connectivity index (χ1) is 8.54. The lowest BCUT2D eigenvalue weighted by atomic mass is 9.98. The molecule has 0 fully saturated rings. The Bertz CT molecular complexity index is 567. The Kier molecular flexibility index (Phi) is 3.41. The predicted molar refractivity (Wildman–Crippen MR) is 76.6 cm³/mol. The summed E-state index contributed by atoms with van der Waals surface area (Å²) in [5.41, 5.74) is 12.7. The van der Waals surface area contributed by atoms with Crippen LogP contribution in [0.1, 0.15) is 30.3 Å². The zero-order valence-electron chi connectivity index (χ0n) is 11.6. The normalized spacial score (nSPS) is 10.9. The van der Waals surface area contributed by atoms with Crippen LogP contribution in [0.4, 0.5) is 5.69 Å². The third-order valence-corrected chi connectivity index (χ3v) is 3.35. The van der Waals surface area contributed by atoms with E-state index < -0.39 is 0 Å². The van der Waals surface area contributed by atoms with E-state index in [0.717, 1.165) is 24.3 Å². The molecule has 0 bridgehead atoms. The second kappa shape index (κ2) is 4.84. The molecule has 18 heavy (non-hydrogen) atoms. The zero-order chi connectivity index (χ0) is 13.3. The summed E-state index contributed by atoms with van der Waals surface area (Å²) in [7, 11) is 0. The maximum atomic E-state index is 5.90. The average molecular weight is 243 g/mol. The minimum Gasteiger partial charge on any atom is -0.399 e. The molecule has 0 amide bonds. The molecule has 0 unspecified atom stereocenters. The Morgan fingerprint density at radius 1 is 1.22 bits per heavy atom. The van der Waals surface area contributed by atoms with E-state index in [1.165, 1.54) is 22.4 Å². The van der Waals surface area contributed by atoms with Crippen molar-refractivity contribution in [3.05, 3.63) is 35.2 Å². The van der Waals surface area contributed by atoms with Gasteiger partial charge in [-0.1, -0.05) is 13.0 Å². The van der Waals surface area contributed by atoms with Gasteiger partial charge in [0.1, 0.15) is 0 Å². The molecule has 1 aromatic carbocycles. The van der Waals surface area contributed by atoms with Crippen molar-refractivity contribution in [1.29, 1.82) is 0 Å². The van der Waals surface area contributed by atoms with Crippen molar-refractivity contribution in [1.82, 2.24) is 9.78 Å². The molecule has 0 saturated carbocycles. The van der Waals surface area contributed by atoms with Gasteiger partial charge in [0.2, 0.25) is 0 Å². The Hall–Kier alpha value is -1.77. The van der Waals surface area contributed by atoms with Crippen LogP contribution in [0, 0.1) is 20.8 Å². The van der Waals surface area contributed by atoms with Gasteiger partial charge in [0.05, 0.1) is 5.69 Å². The van der Waals surface area contributed by atoms with E-state index in [1.54, 1.807) is 0 Å². The number of aryl methyl sites for hydroxylation is 3. The van der Waals surface area contributed by atoms with E-state index in [-0.39, 0.29) is 0 Å². The molecule has 0 saturated heterocycles. The van der Waals surface area contributed by atoms with Gasteiger partial charge >= 0.3 is 0 Å². The smallest absolute Gasteiger partial charge is 0.0675 e. The molecule has 2 N–H and O–H groups in total. The van der Waals surface area contributed by atoms with Crippen LogP contribution in [0.5, 0.6) is 0 Å². The molecule has 1 aromatic heterocycles. The SMILES string of the molecule is CCCn1nc(C)c(-c2cc(N)ccc2C)c1C. The Balaban J connectivity index is 2.60. The van der Waals surface area contributed by atoms with Crippen LogP contribution in [0.25, 0.3) is 11.1 Å². The van der Waals surface area contributed by atoms with Crippen molar-refractivity contribution in [3.8, 4) is 11.1 Å². The summed E-state index contributed by atoms with van der Waals surface area (Å²) in [5.74, 6) is 0. The summed E-state index contributed by atoms with van der Waals surface area (Å²) in [5, 5.41) is 4.62. The largest absolute Gasteiger partial charge is 0.399 e. The van der Waals surface area contributed by atoms with Crippen LogP contribution >= 0.6 is 0 Å². The fourth-order valence-corrected chi connectivity index (χ4v) is 2.43. The summed E-state index contributed by atoms with van der Waals surface area (Å²) in [4.78, 5) is 0. The number of hydrogen-bond acceptors (Lipinski definition) is 2. The predicted octanol–water partition coefficient (Wildman–Crippen LogP) is 3.47. The molecule has 0 aliphatic carbocycles. The van der Waals surface area contributed by atoms with Crippen LogP contribution in [0.2, 0.25) is 0 Å². The van der Waals surface area contributed by atoms with Crippen LogP contribution in [-0.2, 0) is 6.54 Å². The van der Waals surface area contributed by atoms with Crippen molar-refractivity contribution < 1.29 is 0 Å². The Labute approximate surface area is 109 Å². The molecule has 0 radical (unpaired) electrons. The molecule has 0 spiro atoms. The molecule has 2 aromatic rings. The minimum atomic E-state index is 0.803. The first-order valence-corrected chi connectivity index (χ1v) is 6.45. The second-order valence-corrected chi connectivity index (χ2v) is 4.84. The van der Waals surface area contributed by atoms with Crippen molar-refractivity contribution in [2.24, 2.45) is 0 Å². The summed E-state index contributed by atoms with van der Waals surface area (Å²) < 4.78 is 2.09. The maximum absolute atomic E-state index is 5.90. The highest BCUT2D eigenvalue weighted by Crippen LogP contribution is 2.31. The zero-order valence-corrected chi connectivity index (χ0v) is 11.6. The lowest BCUT2D eigenvalue weighted by Crippen LogP contribution is -2.01. The molecule has 0 atom stereocenters. The quantitative estimate of drug-likeness (QED) is 0.839. The number of hydrogen-bond donors (Lipinski definition) is 1. The molecule has 1 heterocycles. The van der Waals surface area contributed by atoms with Gasteiger partial charge in [0.15, 0.2) is 0 Å². The number of rotatable bonds is 3. The molecular weight excluding hydrogens is 222 g/mol. The number of anilines is 1. The fourth-order valence-electron chi connectivity index (χ4n) is 2.43. The highest BCUT2D eigenvalue weighted by Gasteiger charge is 2.14. The third kappa shape index (κ3) is 2.13. The summed E-state index contributed by atoms with van der Waals surface area (Å²) in [6, 6.07) is 6.06. The van der Waals surface area contributed by atoms with Crippen molar-refractivity contribution in [2.75, 3.05) is 5.73 Å². The van der Waals surface area contributed by atoms with Crippen LogP contribution in [-0.4, -0.2) is 9.78 Å². The molecule has 2 rings (SSSR count).